The Balaban J connectivity index is 1.08. The Kier molecular flexibility index (Phi) is 12.1. The number of nitrogens with one attached hydrogen (secondary N) is 3. The van der Waals surface area contributed by atoms with Gasteiger partial charge in [-0.2, -0.15) is 5.10 Å². The number of fused-ring (bicyclic) bond motifs is 1. The summed E-state index contributed by atoms with van der Waals surface area (Å²) in [5.74, 6) is -1.02. The Labute approximate surface area is 351 Å². The number of aromatic amines is 2. The maximum absolute atomic E-state index is 15.2. The van der Waals surface area contributed by atoms with Gasteiger partial charge in [0.1, 0.15) is 11.6 Å². The molecule has 3 aromatic carbocycles. The largest absolute Gasteiger partial charge is 0.353 e. The molecule has 4 heterocycles. The fourth-order valence-electron chi connectivity index (χ4n) is 7.80. The summed E-state index contributed by atoms with van der Waals surface area (Å²) in [6, 6.07) is 20.8. The van der Waals surface area contributed by atoms with Crippen molar-refractivity contribution in [1.82, 2.24) is 30.4 Å². The number of aryl methyl sites for hydroxylation is 2. The average molecular weight is 823 g/mol. The first-order valence-electron chi connectivity index (χ1n) is 20.1. The SMILES string of the molecule is C=C(C)C(=O)N(CC)c1cc(-c2ccc(N3CCN(C(=O)c4cc(Cc5n[nH]c(=O)c6ccccc56)ccc4F)CC3)nc2)cc(C(=O)NCc2c(C)cc(C)[nH]c2=O)c1C. The Morgan fingerprint density at radius 3 is 2.30 bits per heavy atom. The second-order valence-electron chi connectivity index (χ2n) is 15.3. The van der Waals surface area contributed by atoms with Crippen molar-refractivity contribution in [1.29, 1.82) is 0 Å². The van der Waals surface area contributed by atoms with E-state index in [1.807, 2.05) is 55.1 Å². The third kappa shape index (κ3) is 8.74. The minimum Gasteiger partial charge on any atom is -0.353 e. The van der Waals surface area contributed by atoms with Gasteiger partial charge < -0.3 is 25.0 Å². The second kappa shape index (κ2) is 17.6. The third-order valence-electron chi connectivity index (χ3n) is 11.1. The molecule has 312 valence electrons. The van der Waals surface area contributed by atoms with E-state index in [2.05, 4.69) is 27.1 Å². The van der Waals surface area contributed by atoms with Crippen molar-refractivity contribution in [2.45, 2.75) is 47.6 Å². The molecule has 61 heavy (non-hydrogen) atoms. The molecule has 1 fully saturated rings. The maximum atomic E-state index is 15.2. The highest BCUT2D eigenvalue weighted by Crippen LogP contribution is 2.33. The molecule has 13 nitrogen and oxygen atoms in total. The summed E-state index contributed by atoms with van der Waals surface area (Å²) in [6.45, 7) is 14.7. The molecule has 0 bridgehead atoms. The average Bonchev–Trinajstić information content (AvgIpc) is 3.25. The molecular formula is C47H47FN8O5. The van der Waals surface area contributed by atoms with Gasteiger partial charge in [-0.25, -0.2) is 14.5 Å². The molecule has 0 spiro atoms. The number of halogens is 1. The standard InChI is InChI=1S/C47H47FN8O5/c1-7-56(46(60)27(2)3)41-24-33(23-36(30(41)6)43(57)50-26-38-28(4)20-29(5)51-44(38)58)32-13-15-42(49-25-32)54-16-18-55(19-17-54)47(61)37-21-31(12-14-39(37)48)22-40-34-10-8-9-11-35(34)45(59)53-52-40/h8-15,20-21,23-25H,2,7,16-19,22,26H2,1,3-6H3,(H,50,57)(H,51,58)(H,53,59). The van der Waals surface area contributed by atoms with Gasteiger partial charge in [0.05, 0.1) is 16.6 Å². The molecule has 14 heteroatoms. The van der Waals surface area contributed by atoms with Crippen LogP contribution in [-0.4, -0.2) is 75.5 Å². The van der Waals surface area contributed by atoms with Gasteiger partial charge in [-0.05, 0) is 105 Å². The first kappa shape index (κ1) is 41.9. The Bertz CT molecular complexity index is 2820. The quantitative estimate of drug-likeness (QED) is 0.131. The van der Waals surface area contributed by atoms with Crippen LogP contribution >= 0.6 is 0 Å². The molecule has 3 aromatic heterocycles. The number of piperazine rings is 1. The molecule has 1 saturated heterocycles. The van der Waals surface area contributed by atoms with Gasteiger partial charge >= 0.3 is 0 Å². The summed E-state index contributed by atoms with van der Waals surface area (Å²) in [7, 11) is 0. The van der Waals surface area contributed by atoms with Crippen LogP contribution in [0.3, 0.4) is 0 Å². The normalized spacial score (nSPS) is 12.7. The van der Waals surface area contributed by atoms with Crippen LogP contribution in [0.5, 0.6) is 0 Å². The second-order valence-corrected chi connectivity index (χ2v) is 15.3. The van der Waals surface area contributed by atoms with Crippen molar-refractivity contribution >= 4 is 40.0 Å². The molecule has 0 unspecified atom stereocenters. The number of aromatic nitrogens is 4. The van der Waals surface area contributed by atoms with E-state index in [4.69, 9.17) is 4.98 Å². The number of nitrogens with zero attached hydrogens (tertiary/aromatic N) is 5. The lowest BCUT2D eigenvalue weighted by atomic mass is 9.97. The predicted molar refractivity (Wildman–Crippen MR) is 235 cm³/mol. The van der Waals surface area contributed by atoms with Crippen molar-refractivity contribution < 1.29 is 18.8 Å². The smallest absolute Gasteiger partial charge is 0.272 e. The molecule has 3 N–H and O–H groups in total. The molecule has 0 atom stereocenters. The van der Waals surface area contributed by atoms with Gasteiger partial charge in [-0.3, -0.25) is 24.0 Å². The highest BCUT2D eigenvalue weighted by Gasteiger charge is 2.26. The van der Waals surface area contributed by atoms with Crippen molar-refractivity contribution in [3.63, 3.8) is 0 Å². The van der Waals surface area contributed by atoms with Gasteiger partial charge in [0.15, 0.2) is 0 Å². The number of likely N-dealkylation sites (N-methyl/N-ethyl adjacent to an activating group) is 1. The molecule has 0 saturated carbocycles. The maximum Gasteiger partial charge on any atom is 0.272 e. The van der Waals surface area contributed by atoms with Crippen molar-refractivity contribution in [3.05, 3.63) is 162 Å². The minimum absolute atomic E-state index is 0.0193. The van der Waals surface area contributed by atoms with E-state index < -0.39 is 17.6 Å². The molecule has 0 aliphatic carbocycles. The van der Waals surface area contributed by atoms with Crippen LogP contribution in [0.1, 0.15) is 68.2 Å². The summed E-state index contributed by atoms with van der Waals surface area (Å²) >= 11 is 0. The third-order valence-corrected chi connectivity index (χ3v) is 11.1. The number of amides is 3. The van der Waals surface area contributed by atoms with E-state index in [-0.39, 0.29) is 29.1 Å². The molecule has 1 aliphatic heterocycles. The molecule has 6 aromatic rings. The zero-order valence-electron chi connectivity index (χ0n) is 34.8. The fraction of sp³-hybridized carbons (Fsp3) is 0.255. The zero-order chi connectivity index (χ0) is 43.5. The van der Waals surface area contributed by atoms with Gasteiger partial charge in [-0.1, -0.05) is 30.8 Å². The number of rotatable bonds is 11. The van der Waals surface area contributed by atoms with E-state index in [1.165, 1.54) is 6.07 Å². The number of hydrogen-bond donors (Lipinski definition) is 3. The lowest BCUT2D eigenvalue weighted by molar-refractivity contribution is -0.115. The Morgan fingerprint density at radius 1 is 0.885 bits per heavy atom. The molecular weight excluding hydrogens is 776 g/mol. The highest BCUT2D eigenvalue weighted by atomic mass is 19.1. The van der Waals surface area contributed by atoms with Crippen molar-refractivity contribution in [3.8, 4) is 11.1 Å². The van der Waals surface area contributed by atoms with Gasteiger partial charge in [0.2, 0.25) is 0 Å². The van der Waals surface area contributed by atoms with Gasteiger partial charge in [0.25, 0.3) is 28.8 Å². The van der Waals surface area contributed by atoms with E-state index in [0.29, 0.717) is 106 Å². The molecule has 1 aliphatic rings. The number of carbonyl (C=O) groups is 3. The van der Waals surface area contributed by atoms with Crippen LogP contribution in [0.25, 0.3) is 21.9 Å². The van der Waals surface area contributed by atoms with Gasteiger partial charge in [-0.15, -0.1) is 0 Å². The van der Waals surface area contributed by atoms with E-state index in [1.54, 1.807) is 67.1 Å². The van der Waals surface area contributed by atoms with Crippen LogP contribution in [0.4, 0.5) is 15.9 Å². The first-order chi connectivity index (χ1) is 29.2. The summed E-state index contributed by atoms with van der Waals surface area (Å²) in [6.07, 6.45) is 2.00. The molecule has 7 rings (SSSR count). The number of benzene rings is 3. The number of pyridine rings is 2. The van der Waals surface area contributed by atoms with E-state index >= 15 is 4.39 Å². The topological polar surface area (TPSA) is 164 Å². The number of hydrogen-bond acceptors (Lipinski definition) is 8. The van der Waals surface area contributed by atoms with Gasteiger partial charge in [0, 0.05) is 90.9 Å². The monoisotopic (exact) mass is 822 g/mol. The number of H-pyrrole nitrogens is 2. The van der Waals surface area contributed by atoms with Crippen molar-refractivity contribution in [2.75, 3.05) is 42.5 Å². The fourth-order valence-corrected chi connectivity index (χ4v) is 7.80. The van der Waals surface area contributed by atoms with Crippen molar-refractivity contribution in [2.24, 2.45) is 0 Å². The number of anilines is 2. The highest BCUT2D eigenvalue weighted by molar-refractivity contribution is 6.07. The molecule has 3 amide bonds. The molecule has 0 radical (unpaired) electrons. The van der Waals surface area contributed by atoms with Crippen LogP contribution in [0.15, 0.2) is 101 Å². The zero-order valence-corrected chi connectivity index (χ0v) is 34.8. The summed E-state index contributed by atoms with van der Waals surface area (Å²) in [5, 5.41) is 10.9. The summed E-state index contributed by atoms with van der Waals surface area (Å²) in [4.78, 5) is 78.6. The number of carbonyl (C=O) groups excluding carboxylic acids is 3. The van der Waals surface area contributed by atoms with Crippen LogP contribution in [0, 0.1) is 26.6 Å². The predicted octanol–water partition coefficient (Wildman–Crippen LogP) is 6.15. The minimum atomic E-state index is -0.615. The Morgan fingerprint density at radius 2 is 1.62 bits per heavy atom. The Hall–Kier alpha value is -7.22. The first-order valence-corrected chi connectivity index (χ1v) is 20.1. The summed E-state index contributed by atoms with van der Waals surface area (Å²) in [5.41, 5.74) is 5.87. The van der Waals surface area contributed by atoms with E-state index in [9.17, 15) is 24.0 Å². The summed E-state index contributed by atoms with van der Waals surface area (Å²) < 4.78 is 15.2. The van der Waals surface area contributed by atoms with Crippen LogP contribution < -0.4 is 26.2 Å². The van der Waals surface area contributed by atoms with Crippen LogP contribution in [0.2, 0.25) is 0 Å². The van der Waals surface area contributed by atoms with E-state index in [0.717, 1.165) is 11.3 Å². The lowest BCUT2D eigenvalue weighted by Gasteiger charge is -2.35. The van der Waals surface area contributed by atoms with Crippen LogP contribution in [-0.2, 0) is 17.8 Å². The lowest BCUT2D eigenvalue weighted by Crippen LogP contribution is -2.49.